The molecule has 0 atom stereocenters. The van der Waals surface area contributed by atoms with Gasteiger partial charge in [-0.25, -0.2) is 4.98 Å². The molecule has 0 unspecified atom stereocenters. The molecular formula is C16H24F3N9. The van der Waals surface area contributed by atoms with E-state index in [2.05, 4.69) is 36.4 Å². The summed E-state index contributed by atoms with van der Waals surface area (Å²) >= 11 is 0. The Balaban J connectivity index is 3.07. The van der Waals surface area contributed by atoms with Crippen molar-refractivity contribution in [2.24, 2.45) is 5.10 Å². The van der Waals surface area contributed by atoms with Gasteiger partial charge in [0.2, 0.25) is 5.95 Å². The molecule has 0 saturated heterocycles. The van der Waals surface area contributed by atoms with Crippen LogP contribution in [0.4, 0.5) is 24.9 Å². The summed E-state index contributed by atoms with van der Waals surface area (Å²) in [5, 5.41) is 27.0. The average molecular weight is 399 g/mol. The molecule has 12 heteroatoms. The first-order valence-electron chi connectivity index (χ1n) is 8.28. The average Bonchev–Trinajstić information content (AvgIpc) is 2.60. The van der Waals surface area contributed by atoms with Crippen LogP contribution in [-0.4, -0.2) is 47.2 Å². The minimum Gasteiger partial charge on any atom is -0.375 e. The Morgan fingerprint density at radius 3 is 2.54 bits per heavy atom. The van der Waals surface area contributed by atoms with Crippen LogP contribution in [0, 0.1) is 10.8 Å². The second kappa shape index (κ2) is 9.67. The fourth-order valence-corrected chi connectivity index (χ4v) is 1.86. The van der Waals surface area contributed by atoms with Gasteiger partial charge in [-0.05, 0) is 20.8 Å². The molecule has 0 aromatic carbocycles. The van der Waals surface area contributed by atoms with Crippen LogP contribution in [0.1, 0.15) is 26.3 Å². The summed E-state index contributed by atoms with van der Waals surface area (Å²) in [5.41, 5.74) is 1.02. The van der Waals surface area contributed by atoms with Gasteiger partial charge < -0.3 is 26.8 Å². The molecule has 0 radical (unpaired) electrons. The van der Waals surface area contributed by atoms with E-state index in [1.54, 1.807) is 27.8 Å². The third kappa shape index (κ3) is 6.52. The van der Waals surface area contributed by atoms with E-state index >= 15 is 0 Å². The first-order chi connectivity index (χ1) is 13.0. The molecule has 0 aliphatic rings. The lowest BCUT2D eigenvalue weighted by atomic mass is 9.99. The van der Waals surface area contributed by atoms with Crippen LogP contribution in [0.15, 0.2) is 23.2 Å². The van der Waals surface area contributed by atoms with Crippen LogP contribution in [0.3, 0.4) is 0 Å². The second-order valence-corrected chi connectivity index (χ2v) is 6.01. The molecule has 154 valence electrons. The Morgan fingerprint density at radius 2 is 2.00 bits per heavy atom. The Hall–Kier alpha value is -3.18. The summed E-state index contributed by atoms with van der Waals surface area (Å²) in [5.74, 6) is -0.0935. The molecule has 0 aliphatic carbocycles. The number of nitrogens with one attached hydrogen (secondary N) is 6. The molecule has 1 heterocycles. The molecule has 0 aliphatic heterocycles. The van der Waals surface area contributed by atoms with Crippen molar-refractivity contribution in [2.45, 2.75) is 32.5 Å². The summed E-state index contributed by atoms with van der Waals surface area (Å²) in [4.78, 5) is 7.59. The maximum Gasteiger partial charge on any atom is 0.421 e. The minimum absolute atomic E-state index is 0.0649. The Morgan fingerprint density at radius 1 is 1.32 bits per heavy atom. The molecule has 6 N–H and O–H groups in total. The number of hydrogen-bond donors (Lipinski definition) is 6. The quantitative estimate of drug-likeness (QED) is 0.264. The first-order valence-corrected chi connectivity index (χ1v) is 8.28. The highest BCUT2D eigenvalue weighted by atomic mass is 19.4. The van der Waals surface area contributed by atoms with Gasteiger partial charge in [0.1, 0.15) is 17.2 Å². The Labute approximate surface area is 160 Å². The van der Waals surface area contributed by atoms with Gasteiger partial charge in [0, 0.05) is 32.1 Å². The van der Waals surface area contributed by atoms with Gasteiger partial charge in [-0.3, -0.25) is 5.43 Å². The molecule has 1 aromatic rings. The van der Waals surface area contributed by atoms with Crippen molar-refractivity contribution < 1.29 is 13.2 Å². The summed E-state index contributed by atoms with van der Waals surface area (Å²) in [6.45, 7) is 5.33. The van der Waals surface area contributed by atoms with E-state index in [0.717, 1.165) is 6.21 Å². The highest BCUT2D eigenvalue weighted by molar-refractivity contribution is 6.14. The van der Waals surface area contributed by atoms with Gasteiger partial charge >= 0.3 is 6.18 Å². The van der Waals surface area contributed by atoms with Crippen molar-refractivity contribution >= 4 is 29.9 Å². The predicted octanol–water partition coefficient (Wildman–Crippen LogP) is 2.42. The topological polar surface area (TPSA) is 134 Å². The number of aromatic nitrogens is 2. The van der Waals surface area contributed by atoms with Crippen molar-refractivity contribution in [3.05, 3.63) is 23.7 Å². The maximum absolute atomic E-state index is 13.0. The number of anilines is 2. The monoisotopic (exact) mass is 399 g/mol. The number of halogens is 3. The Kier molecular flexibility index (Phi) is 7.89. The van der Waals surface area contributed by atoms with Crippen molar-refractivity contribution in [3.63, 3.8) is 0 Å². The van der Waals surface area contributed by atoms with E-state index in [0.29, 0.717) is 12.0 Å². The van der Waals surface area contributed by atoms with Crippen LogP contribution in [0.2, 0.25) is 0 Å². The largest absolute Gasteiger partial charge is 0.421 e. The molecule has 0 saturated carbocycles. The lowest BCUT2D eigenvalue weighted by molar-refractivity contribution is -0.137. The lowest BCUT2D eigenvalue weighted by Crippen LogP contribution is -2.43. The molecule has 28 heavy (non-hydrogen) atoms. The van der Waals surface area contributed by atoms with Gasteiger partial charge in [0.25, 0.3) is 0 Å². The van der Waals surface area contributed by atoms with Crippen molar-refractivity contribution in [1.82, 2.24) is 20.7 Å². The normalized spacial score (nSPS) is 12.6. The maximum atomic E-state index is 13.0. The van der Waals surface area contributed by atoms with Crippen LogP contribution in [-0.2, 0) is 6.18 Å². The zero-order chi connectivity index (χ0) is 21.4. The first kappa shape index (κ1) is 22.9. The van der Waals surface area contributed by atoms with Crippen LogP contribution in [0.25, 0.3) is 0 Å². The molecule has 1 aromatic heterocycles. The third-order valence-electron chi connectivity index (χ3n) is 3.41. The highest BCUT2D eigenvalue weighted by Gasteiger charge is 2.35. The highest BCUT2D eigenvalue weighted by Crippen LogP contribution is 2.33. The van der Waals surface area contributed by atoms with E-state index in [-0.39, 0.29) is 24.0 Å². The smallest absolute Gasteiger partial charge is 0.375 e. The van der Waals surface area contributed by atoms with Gasteiger partial charge in [-0.2, -0.15) is 23.3 Å². The molecule has 0 bridgehead atoms. The summed E-state index contributed by atoms with van der Waals surface area (Å²) in [6.07, 6.45) is -0.224. The van der Waals surface area contributed by atoms with Gasteiger partial charge in [0.15, 0.2) is 0 Å². The van der Waals surface area contributed by atoms with Gasteiger partial charge in [-0.1, -0.05) is 0 Å². The number of nitrogens with zero attached hydrogens (tertiary/aromatic N) is 3. The van der Waals surface area contributed by atoms with Crippen molar-refractivity contribution in [3.8, 4) is 0 Å². The number of hydrogen-bond acceptors (Lipinski definition) is 9. The summed E-state index contributed by atoms with van der Waals surface area (Å²) in [7, 11) is 1.58. The molecule has 0 spiro atoms. The van der Waals surface area contributed by atoms with Gasteiger partial charge in [0.05, 0.1) is 17.5 Å². The number of alkyl halides is 3. The molecule has 0 amide bonds. The van der Waals surface area contributed by atoms with Crippen LogP contribution in [0.5, 0.6) is 0 Å². The predicted molar refractivity (Wildman–Crippen MR) is 104 cm³/mol. The molecule has 0 fully saturated rings. The van der Waals surface area contributed by atoms with E-state index in [1.165, 1.54) is 12.3 Å². The standard InChI is InChI=1S/C16H24F3N9/c1-5-23-13-10(16(17,18)19)9-24-14(27-13)26-12(22-4)8-11(21)15(2,3)28-25-7-6-20/h6-9,20-22,28H,5H2,1-4H3,(H2,23,24,26,27)/b12-8+,20-6?,21-11?,25-7-. The van der Waals surface area contributed by atoms with E-state index in [1.807, 2.05) is 0 Å². The zero-order valence-corrected chi connectivity index (χ0v) is 16.0. The second-order valence-electron chi connectivity index (χ2n) is 6.01. The van der Waals surface area contributed by atoms with Crippen molar-refractivity contribution in [2.75, 3.05) is 24.2 Å². The zero-order valence-electron chi connectivity index (χ0n) is 16.0. The molecule has 1 rings (SSSR count). The summed E-state index contributed by atoms with van der Waals surface area (Å²) < 4.78 is 39.1. The molecular weight excluding hydrogens is 375 g/mol. The van der Waals surface area contributed by atoms with E-state index < -0.39 is 17.3 Å². The summed E-state index contributed by atoms with van der Waals surface area (Å²) in [6, 6.07) is 0. The van der Waals surface area contributed by atoms with E-state index in [4.69, 9.17) is 10.8 Å². The minimum atomic E-state index is -4.58. The van der Waals surface area contributed by atoms with Crippen LogP contribution >= 0.6 is 0 Å². The number of rotatable bonds is 10. The van der Waals surface area contributed by atoms with Crippen LogP contribution < -0.4 is 21.4 Å². The van der Waals surface area contributed by atoms with E-state index in [9.17, 15) is 13.2 Å². The van der Waals surface area contributed by atoms with Gasteiger partial charge in [-0.15, -0.1) is 0 Å². The molecule has 9 nitrogen and oxygen atoms in total. The lowest BCUT2D eigenvalue weighted by Gasteiger charge is -2.24. The van der Waals surface area contributed by atoms with Crippen molar-refractivity contribution in [1.29, 1.82) is 10.8 Å². The fraction of sp³-hybridized carbons (Fsp3) is 0.438. The number of hydrazone groups is 1. The Bertz CT molecular complexity index is 754. The third-order valence-corrected chi connectivity index (χ3v) is 3.41. The SMILES string of the molecule is CCNc1nc(N/C(=C/C(=N)C(C)(C)N/N=C\C=N)NC)ncc1C(F)(F)F. The fourth-order valence-electron chi connectivity index (χ4n) is 1.86.